The van der Waals surface area contributed by atoms with Gasteiger partial charge in [-0.1, -0.05) is 62.4 Å². The minimum atomic E-state index is -0.115. The zero-order valence-corrected chi connectivity index (χ0v) is 15.5. The highest BCUT2D eigenvalue weighted by Gasteiger charge is 2.35. The first-order valence-corrected chi connectivity index (χ1v) is 9.81. The van der Waals surface area contributed by atoms with Crippen molar-refractivity contribution in [1.29, 1.82) is 0 Å². The smallest absolute Gasteiger partial charge is 0.0756 e. The monoisotopic (exact) mass is 351 g/mol. The quantitative estimate of drug-likeness (QED) is 0.295. The molecule has 124 valence electrons. The SMILES string of the molecule is CC1(C)c2c(ncc3ccccc23)-c2cccc3sc4cccc1c4c23. The van der Waals surface area contributed by atoms with Gasteiger partial charge in [0, 0.05) is 42.7 Å². The van der Waals surface area contributed by atoms with Crippen molar-refractivity contribution in [2.75, 3.05) is 0 Å². The third-order valence-corrected chi connectivity index (χ3v) is 7.00. The van der Waals surface area contributed by atoms with Gasteiger partial charge < -0.3 is 0 Å². The van der Waals surface area contributed by atoms with Crippen LogP contribution in [0.4, 0.5) is 0 Å². The third-order valence-electron chi connectivity index (χ3n) is 5.88. The average Bonchev–Trinajstić information content (AvgIpc) is 3.01. The molecule has 0 fully saturated rings. The lowest BCUT2D eigenvalue weighted by molar-refractivity contribution is 0.654. The molecular weight excluding hydrogens is 334 g/mol. The van der Waals surface area contributed by atoms with Crippen molar-refractivity contribution in [2.45, 2.75) is 19.3 Å². The Bertz CT molecular complexity index is 1360. The fraction of sp³-hybridized carbons (Fsp3) is 0.125. The first kappa shape index (κ1) is 14.5. The Morgan fingerprint density at radius 1 is 0.808 bits per heavy atom. The largest absolute Gasteiger partial charge is 0.255 e. The molecule has 1 aliphatic carbocycles. The van der Waals surface area contributed by atoms with E-state index in [2.05, 4.69) is 74.5 Å². The highest BCUT2D eigenvalue weighted by Crippen LogP contribution is 2.51. The minimum Gasteiger partial charge on any atom is -0.255 e. The topological polar surface area (TPSA) is 12.9 Å². The first-order chi connectivity index (χ1) is 12.7. The van der Waals surface area contributed by atoms with Crippen LogP contribution >= 0.6 is 11.3 Å². The Morgan fingerprint density at radius 2 is 1.58 bits per heavy atom. The van der Waals surface area contributed by atoms with Crippen LogP contribution in [-0.4, -0.2) is 4.98 Å². The molecule has 2 heteroatoms. The molecule has 1 aliphatic rings. The molecule has 6 rings (SSSR count). The molecule has 0 bridgehead atoms. The second-order valence-corrected chi connectivity index (χ2v) is 8.74. The number of rotatable bonds is 0. The molecule has 0 saturated heterocycles. The number of pyridine rings is 1. The summed E-state index contributed by atoms with van der Waals surface area (Å²) in [5.74, 6) is 0. The summed E-state index contributed by atoms with van der Waals surface area (Å²) in [6.45, 7) is 4.70. The standard InChI is InChI=1S/C24H17NS/c1-24(2)17-10-6-12-19-21(17)20-16(9-5-11-18(20)26-19)23-22(24)15-8-4-3-7-14(15)13-25-23/h3-13H,1-2H3. The van der Waals surface area contributed by atoms with E-state index in [-0.39, 0.29) is 5.41 Å². The fourth-order valence-electron chi connectivity index (χ4n) is 4.72. The van der Waals surface area contributed by atoms with E-state index in [0.717, 1.165) is 5.69 Å². The maximum atomic E-state index is 4.98. The van der Waals surface area contributed by atoms with Crippen molar-refractivity contribution in [3.05, 3.63) is 78.0 Å². The van der Waals surface area contributed by atoms with Crippen LogP contribution in [0.2, 0.25) is 0 Å². The summed E-state index contributed by atoms with van der Waals surface area (Å²) < 4.78 is 2.72. The average molecular weight is 351 g/mol. The summed E-state index contributed by atoms with van der Waals surface area (Å²) in [6, 6.07) is 22.1. The molecule has 0 atom stereocenters. The van der Waals surface area contributed by atoms with Crippen LogP contribution < -0.4 is 0 Å². The molecule has 26 heavy (non-hydrogen) atoms. The Labute approximate surface area is 155 Å². The Hall–Kier alpha value is -2.71. The summed E-state index contributed by atoms with van der Waals surface area (Å²) in [4.78, 5) is 4.98. The van der Waals surface area contributed by atoms with E-state index in [1.54, 1.807) is 0 Å². The van der Waals surface area contributed by atoms with Crippen LogP contribution in [0.15, 0.2) is 66.9 Å². The lowest BCUT2D eigenvalue weighted by atomic mass is 9.75. The molecule has 0 amide bonds. The van der Waals surface area contributed by atoms with Crippen LogP contribution in [-0.2, 0) is 5.41 Å². The zero-order valence-electron chi connectivity index (χ0n) is 14.7. The van der Waals surface area contributed by atoms with Gasteiger partial charge in [0.2, 0.25) is 0 Å². The predicted octanol–water partition coefficient (Wildman–Crippen LogP) is 6.91. The van der Waals surface area contributed by atoms with Crippen LogP contribution in [0.25, 0.3) is 42.2 Å². The van der Waals surface area contributed by atoms with Gasteiger partial charge in [-0.25, -0.2) is 0 Å². The van der Waals surface area contributed by atoms with Crippen molar-refractivity contribution >= 4 is 42.3 Å². The van der Waals surface area contributed by atoms with E-state index in [9.17, 15) is 0 Å². The normalized spacial score (nSPS) is 14.8. The van der Waals surface area contributed by atoms with Crippen LogP contribution in [0.3, 0.4) is 0 Å². The van der Waals surface area contributed by atoms with Crippen molar-refractivity contribution in [1.82, 2.24) is 4.98 Å². The molecule has 3 aromatic carbocycles. The van der Waals surface area contributed by atoms with E-state index in [1.165, 1.54) is 47.6 Å². The number of aromatic nitrogens is 1. The van der Waals surface area contributed by atoms with Gasteiger partial charge in [0.1, 0.15) is 0 Å². The lowest BCUT2D eigenvalue weighted by Gasteiger charge is -2.29. The number of benzene rings is 3. The first-order valence-electron chi connectivity index (χ1n) is 8.99. The maximum Gasteiger partial charge on any atom is 0.0756 e. The summed E-state index contributed by atoms with van der Waals surface area (Å²) in [6.07, 6.45) is 2.03. The zero-order chi connectivity index (χ0) is 17.5. The summed E-state index contributed by atoms with van der Waals surface area (Å²) >= 11 is 1.89. The van der Waals surface area contributed by atoms with E-state index in [0.29, 0.717) is 0 Å². The molecule has 0 spiro atoms. The molecule has 1 nitrogen and oxygen atoms in total. The van der Waals surface area contributed by atoms with Crippen LogP contribution in [0.1, 0.15) is 25.0 Å². The van der Waals surface area contributed by atoms with Gasteiger partial charge in [0.05, 0.1) is 5.69 Å². The molecule has 0 unspecified atom stereocenters. The van der Waals surface area contributed by atoms with Crippen molar-refractivity contribution in [3.8, 4) is 11.3 Å². The second-order valence-electron chi connectivity index (χ2n) is 7.65. The number of fused-ring (bicyclic) bond motifs is 4. The van der Waals surface area contributed by atoms with Gasteiger partial charge >= 0.3 is 0 Å². The fourth-order valence-corrected chi connectivity index (χ4v) is 5.88. The number of hydrogen-bond donors (Lipinski definition) is 0. The number of hydrogen-bond acceptors (Lipinski definition) is 2. The summed E-state index contributed by atoms with van der Waals surface area (Å²) in [5.41, 5.74) is 5.04. The molecule has 0 saturated carbocycles. The molecule has 2 heterocycles. The van der Waals surface area contributed by atoms with E-state index < -0.39 is 0 Å². The highest BCUT2D eigenvalue weighted by molar-refractivity contribution is 7.26. The van der Waals surface area contributed by atoms with E-state index >= 15 is 0 Å². The van der Waals surface area contributed by atoms with E-state index in [4.69, 9.17) is 4.98 Å². The van der Waals surface area contributed by atoms with Gasteiger partial charge in [-0.05, 0) is 28.6 Å². The van der Waals surface area contributed by atoms with Crippen molar-refractivity contribution < 1.29 is 0 Å². The van der Waals surface area contributed by atoms with Crippen LogP contribution in [0, 0.1) is 0 Å². The molecule has 0 radical (unpaired) electrons. The van der Waals surface area contributed by atoms with Gasteiger partial charge in [0.25, 0.3) is 0 Å². The Balaban J connectivity index is 1.96. The van der Waals surface area contributed by atoms with Gasteiger partial charge in [-0.15, -0.1) is 11.3 Å². The minimum absolute atomic E-state index is 0.115. The summed E-state index contributed by atoms with van der Waals surface area (Å²) in [7, 11) is 0. The second kappa shape index (κ2) is 4.72. The van der Waals surface area contributed by atoms with Crippen molar-refractivity contribution in [2.24, 2.45) is 0 Å². The Morgan fingerprint density at radius 3 is 2.46 bits per heavy atom. The highest BCUT2D eigenvalue weighted by atomic mass is 32.1. The lowest BCUT2D eigenvalue weighted by Crippen LogP contribution is -2.20. The van der Waals surface area contributed by atoms with Gasteiger partial charge in [-0.3, -0.25) is 4.98 Å². The number of nitrogens with zero attached hydrogens (tertiary/aromatic N) is 1. The molecule has 0 N–H and O–H groups in total. The molecule has 2 aromatic heterocycles. The maximum absolute atomic E-state index is 4.98. The van der Waals surface area contributed by atoms with Crippen LogP contribution in [0.5, 0.6) is 0 Å². The summed E-state index contributed by atoms with van der Waals surface area (Å²) in [5, 5.41) is 5.31. The number of thiophene rings is 1. The van der Waals surface area contributed by atoms with E-state index in [1.807, 2.05) is 17.5 Å². The molecule has 5 aromatic rings. The predicted molar refractivity (Wildman–Crippen MR) is 112 cm³/mol. The molecule has 0 aliphatic heterocycles. The molecular formula is C24H17NS. The van der Waals surface area contributed by atoms with Gasteiger partial charge in [-0.2, -0.15) is 0 Å². The Kier molecular flexibility index (Phi) is 2.62. The third kappa shape index (κ3) is 1.63. The van der Waals surface area contributed by atoms with Crippen molar-refractivity contribution in [3.63, 3.8) is 0 Å². The van der Waals surface area contributed by atoms with Gasteiger partial charge in [0.15, 0.2) is 0 Å².